The van der Waals surface area contributed by atoms with Crippen molar-refractivity contribution in [2.24, 2.45) is 0 Å². The Balaban J connectivity index is 1.63. The molecule has 0 saturated heterocycles. The normalized spacial score (nSPS) is 11.0. The third-order valence-electron chi connectivity index (χ3n) is 4.05. The summed E-state index contributed by atoms with van der Waals surface area (Å²) in [6, 6.07) is 11.5. The summed E-state index contributed by atoms with van der Waals surface area (Å²) in [4.78, 5) is 22.2. The van der Waals surface area contributed by atoms with Gasteiger partial charge in [0.1, 0.15) is 11.4 Å². The number of aryl methyl sites for hydroxylation is 1. The first-order valence-corrected chi connectivity index (χ1v) is 9.23. The molecule has 4 heterocycles. The zero-order chi connectivity index (χ0) is 17.9. The zero-order valence-electron chi connectivity index (χ0n) is 14.2. The van der Waals surface area contributed by atoms with Crippen molar-refractivity contribution >= 4 is 22.9 Å². The quantitative estimate of drug-likeness (QED) is 0.590. The van der Waals surface area contributed by atoms with Crippen LogP contribution in [-0.4, -0.2) is 25.5 Å². The molecule has 130 valence electrons. The molecule has 0 spiro atoms. The molecule has 4 aromatic rings. The molecule has 0 fully saturated rings. The maximum absolute atomic E-state index is 12.5. The molecular formula is C19H17N5OS. The third kappa shape index (κ3) is 3.21. The number of amides is 1. The van der Waals surface area contributed by atoms with Gasteiger partial charge in [-0.1, -0.05) is 19.1 Å². The molecule has 0 atom stereocenters. The first-order valence-electron chi connectivity index (χ1n) is 8.35. The van der Waals surface area contributed by atoms with Gasteiger partial charge >= 0.3 is 0 Å². The van der Waals surface area contributed by atoms with Gasteiger partial charge in [-0.3, -0.25) is 9.78 Å². The smallest absolute Gasteiger partial charge is 0.270 e. The number of nitrogens with one attached hydrogen (secondary N) is 1. The maximum atomic E-state index is 12.5. The fourth-order valence-corrected chi connectivity index (χ4v) is 3.41. The third-order valence-corrected chi connectivity index (χ3v) is 4.94. The van der Waals surface area contributed by atoms with Crippen LogP contribution in [-0.2, 0) is 13.0 Å². The molecule has 0 unspecified atom stereocenters. The van der Waals surface area contributed by atoms with Crippen LogP contribution >= 0.6 is 11.3 Å². The van der Waals surface area contributed by atoms with E-state index in [0.29, 0.717) is 17.9 Å². The van der Waals surface area contributed by atoms with Crippen molar-refractivity contribution in [2.45, 2.75) is 19.9 Å². The number of thiophene rings is 1. The van der Waals surface area contributed by atoms with Crippen LogP contribution < -0.4 is 5.32 Å². The Morgan fingerprint density at radius 3 is 2.92 bits per heavy atom. The van der Waals surface area contributed by atoms with Gasteiger partial charge in [-0.05, 0) is 35.6 Å². The summed E-state index contributed by atoms with van der Waals surface area (Å²) >= 11 is 1.63. The highest BCUT2D eigenvalue weighted by Gasteiger charge is 2.14. The molecular weight excluding hydrogens is 346 g/mol. The lowest BCUT2D eigenvalue weighted by molar-refractivity contribution is 0.0946. The number of carbonyl (C=O) groups is 1. The molecule has 6 nitrogen and oxygen atoms in total. The van der Waals surface area contributed by atoms with E-state index in [1.54, 1.807) is 29.8 Å². The average molecular weight is 363 g/mol. The summed E-state index contributed by atoms with van der Waals surface area (Å²) in [5.41, 5.74) is 3.84. The first-order chi connectivity index (χ1) is 12.7. The average Bonchev–Trinajstić information content (AvgIpc) is 3.35. The van der Waals surface area contributed by atoms with E-state index in [4.69, 9.17) is 0 Å². The fourth-order valence-electron chi connectivity index (χ4n) is 2.73. The molecule has 0 aliphatic carbocycles. The minimum Gasteiger partial charge on any atom is -0.347 e. The largest absolute Gasteiger partial charge is 0.347 e. The summed E-state index contributed by atoms with van der Waals surface area (Å²) < 4.78 is 1.81. The van der Waals surface area contributed by atoms with Gasteiger partial charge in [0.05, 0.1) is 4.88 Å². The number of pyridine rings is 1. The van der Waals surface area contributed by atoms with Crippen LogP contribution in [0.25, 0.3) is 16.2 Å². The van der Waals surface area contributed by atoms with Crippen molar-refractivity contribution in [3.8, 4) is 10.6 Å². The standard InChI is InChI=1S/C19H17N5OS/c1-2-14-9-16(19(25)21-12-13-5-3-7-20-11-13)22-18-10-15(23-24(14)18)17-6-4-8-26-17/h3-11H,2,12H2,1H3,(H,21,25). The van der Waals surface area contributed by atoms with Gasteiger partial charge in [-0.15, -0.1) is 11.3 Å². The number of fused-ring (bicyclic) bond motifs is 1. The van der Waals surface area contributed by atoms with Crippen LogP contribution in [0.3, 0.4) is 0 Å². The lowest BCUT2D eigenvalue weighted by Gasteiger charge is -2.07. The van der Waals surface area contributed by atoms with Gasteiger partial charge in [0.15, 0.2) is 5.65 Å². The summed E-state index contributed by atoms with van der Waals surface area (Å²) in [5.74, 6) is -0.204. The van der Waals surface area contributed by atoms with Crippen molar-refractivity contribution in [2.75, 3.05) is 0 Å². The maximum Gasteiger partial charge on any atom is 0.270 e. The van der Waals surface area contributed by atoms with Crippen molar-refractivity contribution in [3.05, 3.63) is 71.1 Å². The van der Waals surface area contributed by atoms with Crippen LogP contribution in [0.4, 0.5) is 0 Å². The number of aromatic nitrogens is 4. The van der Waals surface area contributed by atoms with Gasteiger partial charge in [-0.2, -0.15) is 5.10 Å². The Morgan fingerprint density at radius 1 is 1.27 bits per heavy atom. The number of rotatable bonds is 5. The Morgan fingerprint density at radius 2 is 2.19 bits per heavy atom. The van der Waals surface area contributed by atoms with E-state index in [0.717, 1.165) is 28.2 Å². The molecule has 1 amide bonds. The second-order valence-corrected chi connectivity index (χ2v) is 6.75. The highest BCUT2D eigenvalue weighted by atomic mass is 32.1. The molecule has 0 bridgehead atoms. The van der Waals surface area contributed by atoms with Crippen molar-refractivity contribution in [1.82, 2.24) is 24.9 Å². The monoisotopic (exact) mass is 363 g/mol. The molecule has 4 aromatic heterocycles. The van der Waals surface area contributed by atoms with Gasteiger partial charge in [0.2, 0.25) is 0 Å². The molecule has 7 heteroatoms. The molecule has 0 aliphatic heterocycles. The van der Waals surface area contributed by atoms with E-state index < -0.39 is 0 Å². The molecule has 26 heavy (non-hydrogen) atoms. The first kappa shape index (κ1) is 16.4. The van der Waals surface area contributed by atoms with Crippen LogP contribution in [0, 0.1) is 0 Å². The van der Waals surface area contributed by atoms with Crippen LogP contribution in [0.5, 0.6) is 0 Å². The van der Waals surface area contributed by atoms with E-state index in [1.807, 2.05) is 47.2 Å². The zero-order valence-corrected chi connectivity index (χ0v) is 15.0. The minimum absolute atomic E-state index is 0.204. The number of nitrogens with zero attached hydrogens (tertiary/aromatic N) is 4. The lowest BCUT2D eigenvalue weighted by Crippen LogP contribution is -2.24. The van der Waals surface area contributed by atoms with E-state index in [1.165, 1.54) is 0 Å². The predicted molar refractivity (Wildman–Crippen MR) is 101 cm³/mol. The Hall–Kier alpha value is -3.06. The highest BCUT2D eigenvalue weighted by molar-refractivity contribution is 7.13. The highest BCUT2D eigenvalue weighted by Crippen LogP contribution is 2.24. The van der Waals surface area contributed by atoms with Crippen LogP contribution in [0.1, 0.15) is 28.7 Å². The Bertz CT molecular complexity index is 1040. The fraction of sp³-hybridized carbons (Fsp3) is 0.158. The Kier molecular flexibility index (Phi) is 4.45. The molecule has 4 rings (SSSR count). The van der Waals surface area contributed by atoms with Crippen LogP contribution in [0.2, 0.25) is 0 Å². The number of hydrogen-bond donors (Lipinski definition) is 1. The summed E-state index contributed by atoms with van der Waals surface area (Å²) in [5, 5.41) is 9.56. The summed E-state index contributed by atoms with van der Waals surface area (Å²) in [6.45, 7) is 2.46. The Labute approximate surface area is 154 Å². The second-order valence-electron chi connectivity index (χ2n) is 5.81. The molecule has 0 aromatic carbocycles. The topological polar surface area (TPSA) is 72.2 Å². The summed E-state index contributed by atoms with van der Waals surface area (Å²) in [6.07, 6.45) is 4.20. The van der Waals surface area contributed by atoms with Crippen molar-refractivity contribution < 1.29 is 4.79 Å². The summed E-state index contributed by atoms with van der Waals surface area (Å²) in [7, 11) is 0. The van der Waals surface area contributed by atoms with Gasteiger partial charge in [-0.25, -0.2) is 9.50 Å². The number of carbonyl (C=O) groups excluding carboxylic acids is 1. The number of hydrogen-bond acceptors (Lipinski definition) is 5. The molecule has 1 N–H and O–H groups in total. The van der Waals surface area contributed by atoms with Crippen molar-refractivity contribution in [3.63, 3.8) is 0 Å². The van der Waals surface area contributed by atoms with E-state index in [-0.39, 0.29) is 5.91 Å². The minimum atomic E-state index is -0.204. The predicted octanol–water partition coefficient (Wildman–Crippen LogP) is 3.35. The van der Waals surface area contributed by atoms with Gasteiger partial charge in [0.25, 0.3) is 5.91 Å². The second kappa shape index (κ2) is 7.05. The SMILES string of the molecule is CCc1cc(C(=O)NCc2cccnc2)nc2cc(-c3cccs3)nn12. The molecule has 0 radical (unpaired) electrons. The van der Waals surface area contributed by atoms with E-state index in [9.17, 15) is 4.79 Å². The molecule has 0 aliphatic rings. The van der Waals surface area contributed by atoms with Crippen molar-refractivity contribution in [1.29, 1.82) is 0 Å². The molecule has 0 saturated carbocycles. The van der Waals surface area contributed by atoms with E-state index in [2.05, 4.69) is 20.4 Å². The van der Waals surface area contributed by atoms with Gasteiger partial charge < -0.3 is 5.32 Å². The van der Waals surface area contributed by atoms with Crippen LogP contribution in [0.15, 0.2) is 54.2 Å². The lowest BCUT2D eigenvalue weighted by atomic mass is 10.2. The van der Waals surface area contributed by atoms with Gasteiger partial charge in [0, 0.05) is 30.7 Å². The van der Waals surface area contributed by atoms with E-state index >= 15 is 0 Å².